The van der Waals surface area contributed by atoms with Gasteiger partial charge in [0.25, 0.3) is 7.82 Å². The molecule has 0 amide bonds. The number of phosphoric ester groups is 1. The van der Waals surface area contributed by atoms with Crippen molar-refractivity contribution in [1.82, 2.24) is 0 Å². The summed E-state index contributed by atoms with van der Waals surface area (Å²) in [6.45, 7) is 4.03. The largest absolute Gasteiger partial charge is 0.756 e. The molecule has 0 aromatic carbocycles. The Morgan fingerprint density at radius 2 is 0.574 bits per heavy atom. The summed E-state index contributed by atoms with van der Waals surface area (Å²) in [5.74, 6) is -0.833. The molecule has 0 aliphatic rings. The van der Waals surface area contributed by atoms with Crippen LogP contribution in [0.3, 0.4) is 0 Å². The summed E-state index contributed by atoms with van der Waals surface area (Å²) in [6, 6.07) is 0. The first kappa shape index (κ1) is 89.6. The molecule has 0 aromatic heterocycles. The first-order valence-corrected chi connectivity index (χ1v) is 39.7. The van der Waals surface area contributed by atoms with E-state index in [1.165, 1.54) is 154 Å². The Kier molecular flexibility index (Phi) is 69.5. The van der Waals surface area contributed by atoms with Crippen LogP contribution in [0.25, 0.3) is 0 Å². The third-order valence-electron chi connectivity index (χ3n) is 16.0. The van der Waals surface area contributed by atoms with Gasteiger partial charge >= 0.3 is 11.9 Å². The van der Waals surface area contributed by atoms with E-state index in [0.29, 0.717) is 17.4 Å². The number of quaternary nitrogens is 1. The lowest BCUT2D eigenvalue weighted by Gasteiger charge is -2.28. The highest BCUT2D eigenvalue weighted by molar-refractivity contribution is 7.45. The van der Waals surface area contributed by atoms with Crippen molar-refractivity contribution in [2.45, 2.75) is 315 Å². The van der Waals surface area contributed by atoms with Crippen molar-refractivity contribution in [3.05, 3.63) is 158 Å². The summed E-state index contributed by atoms with van der Waals surface area (Å²) in [7, 11) is 1.16. The minimum absolute atomic E-state index is 0.0364. The standard InChI is InChI=1S/C84H142NO8P/c1-6-8-10-12-14-16-18-20-22-24-26-28-30-32-34-36-38-40-42-44-46-48-50-52-54-56-58-60-62-64-66-68-70-72-74-76-83(86)90-80-82(81-92-94(88,89)91-79-78-85(3,4)5)93-84(87)77-75-73-71-69-67-65-63-61-59-57-55-53-51-49-47-45-43-41-39-37-35-33-31-29-27-25-23-21-19-17-15-13-11-9-7-2/h8-11,14-17,20-23,26-29,32-35,38-41,45,47,82H,6-7,12-13,18-19,24-25,30-31,36-37,42-44,46,48-81H2,1-5H3/b10-8-,11-9-,16-14-,17-15-,22-20-,23-21-,28-26-,29-27-,34-32-,35-33-,40-38-,41-39-,47-45-. The normalized spacial score (nSPS) is 14.0. The topological polar surface area (TPSA) is 111 Å². The third kappa shape index (κ3) is 76.6. The van der Waals surface area contributed by atoms with Crippen LogP contribution in [0, 0.1) is 0 Å². The molecule has 0 aliphatic carbocycles. The molecule has 0 radical (unpaired) electrons. The first-order valence-electron chi connectivity index (χ1n) is 38.2. The van der Waals surface area contributed by atoms with Crippen LogP contribution in [0.4, 0.5) is 0 Å². The molecular weight excluding hydrogens is 1180 g/mol. The fourth-order valence-electron chi connectivity index (χ4n) is 10.3. The molecule has 0 aromatic rings. The van der Waals surface area contributed by atoms with Gasteiger partial charge in [0.2, 0.25) is 0 Å². The van der Waals surface area contributed by atoms with Gasteiger partial charge in [-0.2, -0.15) is 0 Å². The zero-order valence-corrected chi connectivity index (χ0v) is 62.0. The number of hydrogen-bond donors (Lipinski definition) is 0. The Morgan fingerprint density at radius 3 is 0.851 bits per heavy atom. The number of hydrogen-bond acceptors (Lipinski definition) is 8. The molecule has 0 aliphatic heterocycles. The van der Waals surface area contributed by atoms with Crippen molar-refractivity contribution in [3.8, 4) is 0 Å². The molecule has 0 saturated carbocycles. The Hall–Kier alpha value is -4.37. The van der Waals surface area contributed by atoms with E-state index in [2.05, 4.69) is 172 Å². The predicted octanol–water partition coefficient (Wildman–Crippen LogP) is 24.9. The molecule has 10 heteroatoms. The Balaban J connectivity index is 4.03. The van der Waals surface area contributed by atoms with Crippen LogP contribution in [-0.2, 0) is 32.7 Å². The van der Waals surface area contributed by atoms with Gasteiger partial charge in [0.05, 0.1) is 27.7 Å². The van der Waals surface area contributed by atoms with E-state index < -0.39 is 26.5 Å². The Labute approximate surface area is 579 Å². The number of likely N-dealkylation sites (N-methyl/N-ethyl adjacent to an activating group) is 1. The summed E-state index contributed by atoms with van der Waals surface area (Å²) in [4.78, 5) is 38.2. The molecule has 0 bridgehead atoms. The highest BCUT2D eigenvalue weighted by atomic mass is 31.2. The number of allylic oxidation sites excluding steroid dienone is 26. The van der Waals surface area contributed by atoms with E-state index in [1.807, 2.05) is 21.1 Å². The maximum atomic E-state index is 12.9. The fourth-order valence-corrected chi connectivity index (χ4v) is 11.0. The summed E-state index contributed by atoms with van der Waals surface area (Å²) < 4.78 is 34.4. The molecule has 2 atom stereocenters. The van der Waals surface area contributed by atoms with Crippen LogP contribution < -0.4 is 4.89 Å². The second kappa shape index (κ2) is 72.9. The highest BCUT2D eigenvalue weighted by Crippen LogP contribution is 2.38. The van der Waals surface area contributed by atoms with E-state index in [9.17, 15) is 19.0 Å². The first-order chi connectivity index (χ1) is 46.0. The zero-order valence-electron chi connectivity index (χ0n) is 61.1. The van der Waals surface area contributed by atoms with Gasteiger partial charge in [-0.3, -0.25) is 14.2 Å². The second-order valence-electron chi connectivity index (χ2n) is 26.3. The molecule has 0 spiro atoms. The molecular formula is C84H142NO8P. The Bertz CT molecular complexity index is 2150. The van der Waals surface area contributed by atoms with Crippen molar-refractivity contribution in [3.63, 3.8) is 0 Å². The van der Waals surface area contributed by atoms with E-state index in [1.54, 1.807) is 0 Å². The van der Waals surface area contributed by atoms with Crippen molar-refractivity contribution >= 4 is 19.8 Å². The summed E-state index contributed by atoms with van der Waals surface area (Å²) in [5, 5.41) is 0. The number of carbonyl (C=O) groups is 2. The van der Waals surface area contributed by atoms with Crippen LogP contribution in [0.15, 0.2) is 158 Å². The molecule has 0 saturated heterocycles. The van der Waals surface area contributed by atoms with Gasteiger partial charge in [-0.1, -0.05) is 332 Å². The predicted molar refractivity (Wildman–Crippen MR) is 406 cm³/mol. The van der Waals surface area contributed by atoms with Crippen molar-refractivity contribution in [2.75, 3.05) is 47.5 Å². The minimum atomic E-state index is -4.65. The maximum absolute atomic E-state index is 12.9. The molecule has 94 heavy (non-hydrogen) atoms. The molecule has 536 valence electrons. The summed E-state index contributed by atoms with van der Waals surface area (Å²) >= 11 is 0. The van der Waals surface area contributed by atoms with Gasteiger partial charge in [0.1, 0.15) is 19.8 Å². The van der Waals surface area contributed by atoms with Gasteiger partial charge in [-0.25, -0.2) is 0 Å². The summed E-state index contributed by atoms with van der Waals surface area (Å²) in [6.07, 6.45) is 109. The second-order valence-corrected chi connectivity index (χ2v) is 27.7. The molecule has 0 N–H and O–H groups in total. The molecule has 0 fully saturated rings. The SMILES string of the molecule is CC/C=C\C/C=C\C/C=C\C/C=C\C/C=C\C/C=C\C/C=C\CCCCCCCCCCCCCCCC(=O)OC(COC(=O)CCCCCCCCCCCCCCCCCC/C=C\C/C=C\C/C=C\C/C=C\C/C=C\C/C=C\CC)COP(=O)([O-])OCC[N+](C)(C)C. The van der Waals surface area contributed by atoms with Crippen molar-refractivity contribution in [2.24, 2.45) is 0 Å². The smallest absolute Gasteiger partial charge is 0.306 e. The maximum Gasteiger partial charge on any atom is 0.306 e. The number of carbonyl (C=O) groups excluding carboxylic acids is 2. The van der Waals surface area contributed by atoms with Crippen LogP contribution in [0.2, 0.25) is 0 Å². The van der Waals surface area contributed by atoms with E-state index >= 15 is 0 Å². The molecule has 0 heterocycles. The van der Waals surface area contributed by atoms with E-state index in [0.717, 1.165) is 122 Å². The molecule has 2 unspecified atom stereocenters. The lowest BCUT2D eigenvalue weighted by molar-refractivity contribution is -0.870. The number of ether oxygens (including phenoxy) is 2. The lowest BCUT2D eigenvalue weighted by atomic mass is 10.0. The fraction of sp³-hybridized carbons (Fsp3) is 0.667. The van der Waals surface area contributed by atoms with E-state index in [4.69, 9.17) is 18.5 Å². The number of phosphoric acid groups is 1. The monoisotopic (exact) mass is 1320 g/mol. The number of nitrogens with zero attached hydrogens (tertiary/aromatic N) is 1. The average Bonchev–Trinajstić information content (AvgIpc) is 1.68. The quantitative estimate of drug-likeness (QED) is 0.0195. The highest BCUT2D eigenvalue weighted by Gasteiger charge is 2.22. The van der Waals surface area contributed by atoms with Crippen molar-refractivity contribution in [1.29, 1.82) is 0 Å². The molecule has 0 rings (SSSR count). The van der Waals surface area contributed by atoms with Gasteiger partial charge in [0.15, 0.2) is 6.10 Å². The van der Waals surface area contributed by atoms with Crippen molar-refractivity contribution < 1.29 is 42.1 Å². The van der Waals surface area contributed by atoms with Gasteiger partial charge in [-0.15, -0.1) is 0 Å². The Morgan fingerprint density at radius 1 is 0.330 bits per heavy atom. The average molecular weight is 1330 g/mol. The summed E-state index contributed by atoms with van der Waals surface area (Å²) in [5.41, 5.74) is 0. The van der Waals surface area contributed by atoms with Gasteiger partial charge < -0.3 is 27.9 Å². The van der Waals surface area contributed by atoms with Crippen LogP contribution in [0.5, 0.6) is 0 Å². The lowest BCUT2D eigenvalue weighted by Crippen LogP contribution is -2.37. The zero-order chi connectivity index (χ0) is 68.3. The number of esters is 2. The molecule has 9 nitrogen and oxygen atoms in total. The third-order valence-corrected chi connectivity index (χ3v) is 17.0. The van der Waals surface area contributed by atoms with E-state index in [-0.39, 0.29) is 32.0 Å². The minimum Gasteiger partial charge on any atom is -0.756 e. The van der Waals surface area contributed by atoms with Crippen LogP contribution in [0.1, 0.15) is 309 Å². The van der Waals surface area contributed by atoms with Crippen LogP contribution >= 0.6 is 7.82 Å². The van der Waals surface area contributed by atoms with Crippen LogP contribution in [-0.4, -0.2) is 70.0 Å². The number of unbranched alkanes of at least 4 members (excludes halogenated alkanes) is 29. The van der Waals surface area contributed by atoms with Gasteiger partial charge in [0, 0.05) is 12.8 Å². The number of rotatable bonds is 69. The van der Waals surface area contributed by atoms with Gasteiger partial charge in [-0.05, 0) is 122 Å².